The fraction of sp³-hybridized carbons (Fsp3) is 0.391. The third-order valence-corrected chi connectivity index (χ3v) is 5.68. The van der Waals surface area contributed by atoms with Gasteiger partial charge in [0.25, 0.3) is 5.91 Å². The number of tetrazole rings is 1. The van der Waals surface area contributed by atoms with E-state index in [0.29, 0.717) is 23.0 Å². The van der Waals surface area contributed by atoms with E-state index in [1.807, 2.05) is 48.9 Å². The van der Waals surface area contributed by atoms with Crippen LogP contribution in [-0.2, 0) is 5.54 Å². The van der Waals surface area contributed by atoms with Crippen LogP contribution in [0, 0.1) is 13.8 Å². The largest absolute Gasteiger partial charge is 0.322 e. The summed E-state index contributed by atoms with van der Waals surface area (Å²) in [5.41, 5.74) is 4.34. The van der Waals surface area contributed by atoms with Crippen molar-refractivity contribution in [1.29, 1.82) is 0 Å². The molecule has 3 aromatic heterocycles. The van der Waals surface area contributed by atoms with Crippen LogP contribution >= 0.6 is 0 Å². The van der Waals surface area contributed by atoms with Gasteiger partial charge in [-0.05, 0) is 82.2 Å². The zero-order valence-corrected chi connectivity index (χ0v) is 18.9. The Morgan fingerprint density at radius 3 is 2.59 bits per heavy atom. The molecule has 1 fully saturated rings. The molecule has 3 heterocycles. The molecule has 32 heavy (non-hydrogen) atoms. The molecule has 9 heteroatoms. The molecule has 0 bridgehead atoms. The van der Waals surface area contributed by atoms with E-state index >= 15 is 0 Å². The second-order valence-electron chi connectivity index (χ2n) is 9.38. The van der Waals surface area contributed by atoms with E-state index in [4.69, 9.17) is 10.1 Å². The van der Waals surface area contributed by atoms with Crippen LogP contribution < -0.4 is 5.32 Å². The predicted octanol–water partition coefficient (Wildman–Crippen LogP) is 3.91. The minimum atomic E-state index is -0.243. The molecule has 1 saturated carbocycles. The van der Waals surface area contributed by atoms with E-state index in [1.54, 1.807) is 4.68 Å². The van der Waals surface area contributed by atoms with Gasteiger partial charge in [-0.2, -0.15) is 9.78 Å². The molecule has 0 saturated heterocycles. The lowest BCUT2D eigenvalue weighted by Crippen LogP contribution is -2.23. The van der Waals surface area contributed by atoms with E-state index in [-0.39, 0.29) is 11.4 Å². The van der Waals surface area contributed by atoms with Crippen LogP contribution in [0.5, 0.6) is 0 Å². The summed E-state index contributed by atoms with van der Waals surface area (Å²) in [4.78, 5) is 18.4. The molecular formula is C23H26N8O. The van der Waals surface area contributed by atoms with Crippen molar-refractivity contribution in [3.63, 3.8) is 0 Å². The van der Waals surface area contributed by atoms with Gasteiger partial charge in [-0.3, -0.25) is 4.79 Å². The van der Waals surface area contributed by atoms with Crippen molar-refractivity contribution in [2.45, 2.75) is 58.9 Å². The van der Waals surface area contributed by atoms with Crippen LogP contribution in [0.2, 0.25) is 0 Å². The maximum Gasteiger partial charge on any atom is 0.256 e. The highest BCUT2D eigenvalue weighted by Gasteiger charge is 2.30. The standard InChI is InChI=1S/C23H26N8O/c1-13-20-18(12-19(15-9-10-15)25-21(20)31(27-13)23(3,4)5)22(32)24-16-7-6-8-17(11-16)30-14(2)26-28-29-30/h6-8,11-12,15H,9-10H2,1-5H3,(H,24,32). The van der Waals surface area contributed by atoms with E-state index < -0.39 is 0 Å². The number of pyridine rings is 1. The summed E-state index contributed by atoms with van der Waals surface area (Å²) in [5.74, 6) is 0.908. The number of benzene rings is 1. The van der Waals surface area contributed by atoms with Crippen LogP contribution in [0.3, 0.4) is 0 Å². The second-order valence-corrected chi connectivity index (χ2v) is 9.38. The highest BCUT2D eigenvalue weighted by Crippen LogP contribution is 2.41. The summed E-state index contributed by atoms with van der Waals surface area (Å²) in [7, 11) is 0. The Morgan fingerprint density at radius 1 is 1.16 bits per heavy atom. The van der Waals surface area contributed by atoms with Crippen LogP contribution in [-0.4, -0.2) is 40.9 Å². The van der Waals surface area contributed by atoms with Crippen molar-refractivity contribution >= 4 is 22.6 Å². The highest BCUT2D eigenvalue weighted by molar-refractivity contribution is 6.12. The van der Waals surface area contributed by atoms with Crippen LogP contribution in [0.25, 0.3) is 16.7 Å². The van der Waals surface area contributed by atoms with Gasteiger partial charge in [0.2, 0.25) is 0 Å². The topological polar surface area (TPSA) is 103 Å². The zero-order valence-electron chi connectivity index (χ0n) is 18.9. The number of aromatic nitrogens is 7. The third-order valence-electron chi connectivity index (χ3n) is 5.68. The number of hydrogen-bond donors (Lipinski definition) is 1. The fourth-order valence-electron chi connectivity index (χ4n) is 3.93. The summed E-state index contributed by atoms with van der Waals surface area (Å²) < 4.78 is 3.56. The Bertz CT molecular complexity index is 1340. The van der Waals surface area contributed by atoms with Gasteiger partial charge in [-0.25, -0.2) is 9.67 Å². The summed E-state index contributed by atoms with van der Waals surface area (Å²) in [5, 5.41) is 20.2. The SMILES string of the molecule is Cc1nn(C(C)(C)C)c2nc(C3CC3)cc(C(=O)Nc3cccc(-n4nnnc4C)c3)c12. The number of anilines is 1. The fourth-order valence-corrected chi connectivity index (χ4v) is 3.93. The first kappa shape index (κ1) is 20.3. The van der Waals surface area contributed by atoms with Gasteiger partial charge < -0.3 is 5.32 Å². The molecule has 0 atom stereocenters. The summed E-state index contributed by atoms with van der Waals surface area (Å²) in [6.07, 6.45) is 2.21. The molecular weight excluding hydrogens is 404 g/mol. The molecule has 9 nitrogen and oxygen atoms in total. The quantitative estimate of drug-likeness (QED) is 0.526. The van der Waals surface area contributed by atoms with Gasteiger partial charge >= 0.3 is 0 Å². The Balaban J connectivity index is 1.57. The highest BCUT2D eigenvalue weighted by atomic mass is 16.1. The van der Waals surface area contributed by atoms with E-state index in [1.165, 1.54) is 0 Å². The maximum absolute atomic E-state index is 13.5. The van der Waals surface area contributed by atoms with E-state index in [9.17, 15) is 4.79 Å². The van der Waals surface area contributed by atoms with Crippen LogP contribution in [0.15, 0.2) is 30.3 Å². The van der Waals surface area contributed by atoms with Gasteiger partial charge in [0, 0.05) is 17.3 Å². The second kappa shape index (κ2) is 7.22. The average molecular weight is 431 g/mol. The van der Waals surface area contributed by atoms with Gasteiger partial charge in [-0.1, -0.05) is 6.07 Å². The number of fused-ring (bicyclic) bond motifs is 1. The number of nitrogens with one attached hydrogen (secondary N) is 1. The molecule has 1 aromatic carbocycles. The number of rotatable bonds is 4. The average Bonchev–Trinajstić information content (AvgIpc) is 3.42. The number of carbonyl (C=O) groups excluding carboxylic acids is 1. The first-order chi connectivity index (χ1) is 15.2. The first-order valence-electron chi connectivity index (χ1n) is 10.8. The molecule has 1 aliphatic carbocycles. The molecule has 1 amide bonds. The molecule has 1 N–H and O–H groups in total. The van der Waals surface area contributed by atoms with Crippen molar-refractivity contribution in [1.82, 2.24) is 35.0 Å². The van der Waals surface area contributed by atoms with Crippen LogP contribution in [0.4, 0.5) is 5.69 Å². The lowest BCUT2D eigenvalue weighted by Gasteiger charge is -2.20. The lowest BCUT2D eigenvalue weighted by atomic mass is 10.1. The molecule has 4 aromatic rings. The Kier molecular flexibility index (Phi) is 4.58. The van der Waals surface area contributed by atoms with Crippen molar-refractivity contribution < 1.29 is 4.79 Å². The summed E-state index contributed by atoms with van der Waals surface area (Å²) in [6, 6.07) is 9.41. The van der Waals surface area contributed by atoms with Gasteiger partial charge in [0.1, 0.15) is 0 Å². The molecule has 0 unspecified atom stereocenters. The minimum absolute atomic E-state index is 0.179. The molecule has 0 spiro atoms. The third kappa shape index (κ3) is 3.53. The zero-order chi connectivity index (χ0) is 22.6. The molecule has 1 aliphatic rings. The van der Waals surface area contributed by atoms with Gasteiger partial charge in [0.15, 0.2) is 11.5 Å². The minimum Gasteiger partial charge on any atom is -0.322 e. The molecule has 5 rings (SSSR count). The van der Waals surface area contributed by atoms with Gasteiger partial charge in [0.05, 0.1) is 27.9 Å². The predicted molar refractivity (Wildman–Crippen MR) is 121 cm³/mol. The first-order valence-corrected chi connectivity index (χ1v) is 10.8. The number of nitrogens with zero attached hydrogens (tertiary/aromatic N) is 7. The normalized spacial score (nSPS) is 14.2. The lowest BCUT2D eigenvalue weighted by molar-refractivity contribution is 0.102. The Morgan fingerprint density at radius 2 is 1.94 bits per heavy atom. The Labute approximate surface area is 185 Å². The van der Waals surface area contributed by atoms with Crippen molar-refractivity contribution in [3.05, 3.63) is 53.1 Å². The summed E-state index contributed by atoms with van der Waals surface area (Å²) in [6.45, 7) is 10.0. The van der Waals surface area contributed by atoms with Crippen molar-refractivity contribution in [2.75, 3.05) is 5.32 Å². The number of hydrogen-bond acceptors (Lipinski definition) is 6. The smallest absolute Gasteiger partial charge is 0.256 e. The summed E-state index contributed by atoms with van der Waals surface area (Å²) >= 11 is 0. The number of amides is 1. The maximum atomic E-state index is 13.5. The number of carbonyl (C=O) groups is 1. The molecule has 0 aliphatic heterocycles. The van der Waals surface area contributed by atoms with Gasteiger partial charge in [-0.15, -0.1) is 5.10 Å². The van der Waals surface area contributed by atoms with E-state index in [0.717, 1.165) is 41.0 Å². The molecule has 164 valence electrons. The number of aryl methyl sites for hydroxylation is 2. The van der Waals surface area contributed by atoms with E-state index in [2.05, 4.69) is 41.6 Å². The molecule has 0 radical (unpaired) electrons. The van der Waals surface area contributed by atoms with Crippen LogP contribution in [0.1, 0.15) is 67.1 Å². The Hall–Kier alpha value is -3.62. The monoisotopic (exact) mass is 430 g/mol. The van der Waals surface area contributed by atoms with Crippen molar-refractivity contribution in [2.24, 2.45) is 0 Å². The van der Waals surface area contributed by atoms with Crippen molar-refractivity contribution in [3.8, 4) is 5.69 Å².